The average Bonchev–Trinajstić information content (AvgIpc) is 3.33. The van der Waals surface area contributed by atoms with Gasteiger partial charge in [-0.1, -0.05) is 178 Å². The summed E-state index contributed by atoms with van der Waals surface area (Å²) in [6.07, 6.45) is 23.5. The van der Waals surface area contributed by atoms with Crippen LogP contribution in [0.25, 0.3) is 0 Å². The molecule has 3 atom stereocenters. The molecule has 2 heterocycles. The topological polar surface area (TPSA) is 78.4 Å². The van der Waals surface area contributed by atoms with E-state index in [2.05, 4.69) is 126 Å². The van der Waals surface area contributed by atoms with E-state index in [1.807, 2.05) is 50.5 Å². The Morgan fingerprint density at radius 2 is 0.938 bits per heavy atom. The first kappa shape index (κ1) is 55.0. The Labute approximate surface area is 396 Å². The van der Waals surface area contributed by atoms with Gasteiger partial charge in [-0.3, -0.25) is 19.6 Å². The predicted molar refractivity (Wildman–Crippen MR) is 272 cm³/mol. The summed E-state index contributed by atoms with van der Waals surface area (Å²) in [6.45, 7) is 20.4. The van der Waals surface area contributed by atoms with Crippen molar-refractivity contribution in [3.8, 4) is 0 Å². The molecule has 2 aromatic heterocycles. The molecular weight excluding hydrogens is 801 g/mol. The summed E-state index contributed by atoms with van der Waals surface area (Å²) < 4.78 is 11.5. The number of esters is 2. The minimum atomic E-state index is -0.668. The normalized spacial score (nSPS) is 13.2. The fraction of sp³-hybridized carbons (Fsp3) is 0.593. The van der Waals surface area contributed by atoms with Gasteiger partial charge >= 0.3 is 11.9 Å². The van der Waals surface area contributed by atoms with Crippen LogP contribution in [0.1, 0.15) is 212 Å². The summed E-state index contributed by atoms with van der Waals surface area (Å²) in [5.41, 5.74) is 3.16. The SMILES string of the molecule is CCCCCCCCOC(=O)C(C)(C)CC(CC(CC(C)CC)c1ccccn1)(c1ccccc1)c1ccccc1.CCCCCCCCOC(=O)C(C)(C)CC(CC)c1ccccn1. The van der Waals surface area contributed by atoms with Crippen LogP contribution in [0.3, 0.4) is 0 Å². The van der Waals surface area contributed by atoms with Crippen LogP contribution in [0.5, 0.6) is 0 Å². The first-order chi connectivity index (χ1) is 31.3. The van der Waals surface area contributed by atoms with Crippen molar-refractivity contribution in [2.45, 2.75) is 195 Å². The van der Waals surface area contributed by atoms with Crippen molar-refractivity contribution in [3.63, 3.8) is 0 Å². The van der Waals surface area contributed by atoms with Crippen LogP contribution in [0.2, 0.25) is 0 Å². The highest BCUT2D eigenvalue weighted by atomic mass is 16.5. The van der Waals surface area contributed by atoms with Gasteiger partial charge in [0.25, 0.3) is 0 Å². The van der Waals surface area contributed by atoms with Gasteiger partial charge in [0.2, 0.25) is 0 Å². The van der Waals surface area contributed by atoms with Gasteiger partial charge in [0, 0.05) is 41.0 Å². The van der Waals surface area contributed by atoms with Gasteiger partial charge in [-0.25, -0.2) is 0 Å². The number of nitrogens with zero attached hydrogens (tertiary/aromatic N) is 2. The molecule has 0 aliphatic carbocycles. The van der Waals surface area contributed by atoms with Gasteiger partial charge in [-0.15, -0.1) is 0 Å². The van der Waals surface area contributed by atoms with Crippen LogP contribution in [-0.4, -0.2) is 35.1 Å². The van der Waals surface area contributed by atoms with Crippen molar-refractivity contribution in [3.05, 3.63) is 132 Å². The number of unbranched alkanes of at least 4 members (excludes halogenated alkanes) is 10. The number of hydrogen-bond donors (Lipinski definition) is 0. The largest absolute Gasteiger partial charge is 0.465 e. The summed E-state index contributed by atoms with van der Waals surface area (Å²) in [4.78, 5) is 35.4. The minimum absolute atomic E-state index is 0.0783. The van der Waals surface area contributed by atoms with E-state index in [-0.39, 0.29) is 23.3 Å². The molecule has 4 aromatic rings. The smallest absolute Gasteiger partial charge is 0.311 e. The Bertz CT molecular complexity index is 1790. The zero-order valence-electron chi connectivity index (χ0n) is 42.3. The van der Waals surface area contributed by atoms with Crippen LogP contribution < -0.4 is 0 Å². The molecule has 2 aromatic carbocycles. The lowest BCUT2D eigenvalue weighted by molar-refractivity contribution is -0.155. The van der Waals surface area contributed by atoms with E-state index < -0.39 is 10.8 Å². The molecule has 0 aliphatic rings. The first-order valence-electron chi connectivity index (χ1n) is 25.6. The van der Waals surface area contributed by atoms with E-state index in [0.29, 0.717) is 31.5 Å². The van der Waals surface area contributed by atoms with Gasteiger partial charge in [-0.05, 0) is 114 Å². The highest BCUT2D eigenvalue weighted by Crippen LogP contribution is 2.50. The van der Waals surface area contributed by atoms with Crippen molar-refractivity contribution in [1.82, 2.24) is 9.97 Å². The van der Waals surface area contributed by atoms with Gasteiger partial charge in [0.1, 0.15) is 0 Å². The molecule has 358 valence electrons. The fourth-order valence-corrected chi connectivity index (χ4v) is 9.28. The van der Waals surface area contributed by atoms with E-state index in [1.165, 1.54) is 62.5 Å². The molecule has 0 spiro atoms. The fourth-order valence-electron chi connectivity index (χ4n) is 9.28. The molecule has 0 saturated heterocycles. The number of aromatic nitrogens is 2. The highest BCUT2D eigenvalue weighted by molar-refractivity contribution is 5.76. The average molecular weight is 889 g/mol. The third kappa shape index (κ3) is 19.2. The molecular formula is C59H88N2O4. The van der Waals surface area contributed by atoms with Crippen LogP contribution in [0, 0.1) is 16.7 Å². The molecule has 0 amide bonds. The molecule has 0 fully saturated rings. The van der Waals surface area contributed by atoms with Crippen LogP contribution >= 0.6 is 0 Å². The summed E-state index contributed by atoms with van der Waals surface area (Å²) in [5.74, 6) is 0.940. The molecule has 4 rings (SSSR count). The van der Waals surface area contributed by atoms with Crippen LogP contribution in [0.4, 0.5) is 0 Å². The highest BCUT2D eigenvalue weighted by Gasteiger charge is 2.45. The Kier molecular flexibility index (Phi) is 25.4. The van der Waals surface area contributed by atoms with E-state index in [1.54, 1.807) is 0 Å². The number of hydrogen-bond acceptors (Lipinski definition) is 6. The summed E-state index contributed by atoms with van der Waals surface area (Å²) in [6, 6.07) is 33.9. The maximum absolute atomic E-state index is 13.7. The van der Waals surface area contributed by atoms with Gasteiger partial charge < -0.3 is 9.47 Å². The van der Waals surface area contributed by atoms with Crippen molar-refractivity contribution >= 4 is 11.9 Å². The Morgan fingerprint density at radius 1 is 0.508 bits per heavy atom. The summed E-state index contributed by atoms with van der Waals surface area (Å²) in [7, 11) is 0. The molecule has 0 saturated carbocycles. The number of carbonyl (C=O) groups excluding carboxylic acids is 2. The minimum Gasteiger partial charge on any atom is -0.465 e. The second-order valence-electron chi connectivity index (χ2n) is 20.0. The van der Waals surface area contributed by atoms with E-state index in [0.717, 1.165) is 69.2 Å². The van der Waals surface area contributed by atoms with Crippen molar-refractivity contribution in [2.75, 3.05) is 13.2 Å². The second-order valence-corrected chi connectivity index (χ2v) is 20.0. The van der Waals surface area contributed by atoms with E-state index in [4.69, 9.17) is 14.5 Å². The van der Waals surface area contributed by atoms with Crippen molar-refractivity contribution < 1.29 is 19.1 Å². The molecule has 0 N–H and O–H groups in total. The molecule has 3 unspecified atom stereocenters. The molecule has 65 heavy (non-hydrogen) atoms. The Hall–Kier alpha value is -4.32. The maximum Gasteiger partial charge on any atom is 0.311 e. The molecule has 0 aliphatic heterocycles. The van der Waals surface area contributed by atoms with Crippen molar-refractivity contribution in [1.29, 1.82) is 0 Å². The number of benzene rings is 2. The zero-order valence-corrected chi connectivity index (χ0v) is 42.3. The number of carbonyl (C=O) groups is 2. The van der Waals surface area contributed by atoms with Crippen LogP contribution in [0.15, 0.2) is 109 Å². The zero-order chi connectivity index (χ0) is 47.4. The number of ether oxygens (including phenoxy) is 2. The standard InChI is InChI=1S/C38H53NO2.C21H35NO2/c1-6-8-9-10-11-20-27-41-36(40)37(4,5)30-38(33-21-14-12-15-22-33,34-23-16-13-17-24-34)29-32(28-31(3)7-2)35-25-18-19-26-39-35;1-5-7-8-9-10-13-16-24-20(23)21(3,4)17-18(6-2)19-14-11-12-15-22-19/h12-19,21-26,31-32H,6-11,20,27-30H2,1-5H3;11-12,14-15,18H,5-10,13,16-17H2,1-4H3. The van der Waals surface area contributed by atoms with E-state index >= 15 is 0 Å². The monoisotopic (exact) mass is 889 g/mol. The Morgan fingerprint density at radius 3 is 1.37 bits per heavy atom. The van der Waals surface area contributed by atoms with E-state index in [9.17, 15) is 9.59 Å². The summed E-state index contributed by atoms with van der Waals surface area (Å²) >= 11 is 0. The molecule has 6 nitrogen and oxygen atoms in total. The third-order valence-corrected chi connectivity index (χ3v) is 13.4. The predicted octanol–water partition coefficient (Wildman–Crippen LogP) is 16.2. The van der Waals surface area contributed by atoms with Crippen molar-refractivity contribution in [2.24, 2.45) is 16.7 Å². The number of rotatable bonds is 30. The molecule has 0 bridgehead atoms. The summed E-state index contributed by atoms with van der Waals surface area (Å²) in [5, 5.41) is 0. The quantitative estimate of drug-likeness (QED) is 0.0383. The Balaban J connectivity index is 0.000000398. The van der Waals surface area contributed by atoms with Crippen LogP contribution in [-0.2, 0) is 24.5 Å². The van der Waals surface area contributed by atoms with Gasteiger partial charge in [-0.2, -0.15) is 0 Å². The maximum atomic E-state index is 13.7. The number of pyridine rings is 2. The van der Waals surface area contributed by atoms with Gasteiger partial charge in [0.05, 0.1) is 24.0 Å². The lowest BCUT2D eigenvalue weighted by Crippen LogP contribution is -2.40. The molecule has 0 radical (unpaired) electrons. The first-order valence-corrected chi connectivity index (χ1v) is 25.6. The van der Waals surface area contributed by atoms with Gasteiger partial charge in [0.15, 0.2) is 0 Å². The second kappa shape index (κ2) is 30.1. The lowest BCUT2D eigenvalue weighted by atomic mass is 9.60. The molecule has 6 heteroatoms. The third-order valence-electron chi connectivity index (χ3n) is 13.4. The lowest BCUT2D eigenvalue weighted by Gasteiger charge is -2.43.